The number of halogens is 1. The van der Waals surface area contributed by atoms with Crippen molar-refractivity contribution in [1.82, 2.24) is 14.3 Å². The van der Waals surface area contributed by atoms with Gasteiger partial charge in [-0.2, -0.15) is 4.68 Å². The van der Waals surface area contributed by atoms with Gasteiger partial charge < -0.3 is 9.47 Å². The van der Waals surface area contributed by atoms with Gasteiger partial charge in [0.1, 0.15) is 26.2 Å². The maximum absolute atomic E-state index is 6.00. The van der Waals surface area contributed by atoms with Crippen molar-refractivity contribution < 1.29 is 9.88 Å². The summed E-state index contributed by atoms with van der Waals surface area (Å²) in [7, 11) is 1.97. The van der Waals surface area contributed by atoms with Gasteiger partial charge in [-0.3, -0.25) is 4.90 Å². The van der Waals surface area contributed by atoms with E-state index in [0.29, 0.717) is 0 Å². The molecule has 0 atom stereocenters. The first kappa shape index (κ1) is 18.2. The number of nitrogens with zero attached hydrogens (tertiary/aromatic N) is 4. The number of rotatable bonds is 4. The summed E-state index contributed by atoms with van der Waals surface area (Å²) in [6.07, 6.45) is 1.97. The summed E-state index contributed by atoms with van der Waals surface area (Å²) in [5, 5.41) is 5.49. The Hall–Kier alpha value is -2.22. The highest BCUT2D eigenvalue weighted by Crippen LogP contribution is 2.19. The zero-order valence-corrected chi connectivity index (χ0v) is 16.8. The number of aromatic nitrogens is 4. The number of nitrogens with one attached hydrogen (secondary N) is 2. The Kier molecular flexibility index (Phi) is 5.24. The Bertz CT molecular complexity index is 958. The molecule has 0 amide bonds. The Morgan fingerprint density at radius 3 is 2.56 bits per heavy atom. The summed E-state index contributed by atoms with van der Waals surface area (Å²) in [5.41, 5.74) is 1.02. The minimum absolute atomic E-state index is 0.720. The standard InChI is InChI=1S/C19H21ClN6S/c1-23-18(15-5-7-16(20)8-6-15)22-26(19(23)27)14-24-10-12-25(13-11-24)17-4-2-3-9-21-17/h2-9H,10-14H2,1H3/p+2. The van der Waals surface area contributed by atoms with Crippen LogP contribution in [0.5, 0.6) is 0 Å². The second kappa shape index (κ2) is 7.80. The van der Waals surface area contributed by atoms with Crippen molar-refractivity contribution in [2.45, 2.75) is 6.67 Å². The van der Waals surface area contributed by atoms with Gasteiger partial charge in [-0.15, -0.1) is 5.10 Å². The number of pyridine rings is 1. The van der Waals surface area contributed by atoms with Crippen LogP contribution in [0.25, 0.3) is 11.4 Å². The molecule has 0 radical (unpaired) electrons. The number of benzene rings is 1. The molecule has 8 heteroatoms. The molecule has 3 aromatic rings. The van der Waals surface area contributed by atoms with E-state index in [1.54, 1.807) is 0 Å². The maximum Gasteiger partial charge on any atom is 0.274 e. The molecule has 0 spiro atoms. The smallest absolute Gasteiger partial charge is 0.274 e. The normalized spacial score (nSPS) is 15.3. The lowest BCUT2D eigenvalue weighted by Crippen LogP contribution is -3.14. The Labute approximate surface area is 168 Å². The van der Waals surface area contributed by atoms with Crippen LogP contribution in [0.3, 0.4) is 0 Å². The molecule has 27 heavy (non-hydrogen) atoms. The molecular weight excluding hydrogens is 380 g/mol. The number of quaternary nitrogens is 1. The zero-order valence-electron chi connectivity index (χ0n) is 15.2. The third-order valence-corrected chi connectivity index (χ3v) is 5.76. The minimum atomic E-state index is 0.720. The van der Waals surface area contributed by atoms with Gasteiger partial charge >= 0.3 is 0 Å². The van der Waals surface area contributed by atoms with Crippen LogP contribution in [0, 0.1) is 4.77 Å². The van der Waals surface area contributed by atoms with Crippen LogP contribution in [-0.2, 0) is 13.7 Å². The molecule has 0 bridgehead atoms. The molecule has 1 aliphatic heterocycles. The van der Waals surface area contributed by atoms with Crippen LogP contribution >= 0.6 is 23.8 Å². The molecule has 3 heterocycles. The highest BCUT2D eigenvalue weighted by molar-refractivity contribution is 7.71. The molecule has 0 unspecified atom stereocenters. The molecule has 1 aromatic carbocycles. The quantitative estimate of drug-likeness (QED) is 0.672. The van der Waals surface area contributed by atoms with E-state index in [9.17, 15) is 0 Å². The van der Waals surface area contributed by atoms with Crippen LogP contribution in [0.15, 0.2) is 48.7 Å². The summed E-state index contributed by atoms with van der Waals surface area (Å²) >= 11 is 11.6. The highest BCUT2D eigenvalue weighted by Gasteiger charge is 2.26. The molecule has 0 aliphatic carbocycles. The van der Waals surface area contributed by atoms with Gasteiger partial charge in [-0.25, -0.2) is 4.98 Å². The van der Waals surface area contributed by atoms with Gasteiger partial charge in [0, 0.05) is 23.7 Å². The maximum atomic E-state index is 6.00. The van der Waals surface area contributed by atoms with Crippen molar-refractivity contribution in [3.63, 3.8) is 0 Å². The lowest BCUT2D eigenvalue weighted by Gasteiger charge is -2.27. The lowest BCUT2D eigenvalue weighted by molar-refractivity contribution is -0.924. The predicted octanol–water partition coefficient (Wildman–Crippen LogP) is 1.45. The SMILES string of the molecule is Cn1c(-c2ccc(Cl)cc2)nn(C[NH+]2CCN(c3cccc[nH+]3)CC2)c1=S. The number of piperazine rings is 1. The van der Waals surface area contributed by atoms with Gasteiger partial charge in [0.2, 0.25) is 4.77 Å². The first-order valence-corrected chi connectivity index (χ1v) is 9.85. The van der Waals surface area contributed by atoms with E-state index in [2.05, 4.69) is 22.0 Å². The molecule has 6 nitrogen and oxygen atoms in total. The third-order valence-electron chi connectivity index (χ3n) is 5.02. The second-order valence-corrected chi connectivity index (χ2v) is 7.62. The van der Waals surface area contributed by atoms with Crippen LogP contribution in [-0.4, -0.2) is 40.5 Å². The molecule has 4 rings (SSSR count). The minimum Gasteiger partial charge on any atom is -0.310 e. The van der Waals surface area contributed by atoms with E-state index in [1.165, 1.54) is 10.7 Å². The van der Waals surface area contributed by atoms with E-state index in [0.717, 1.165) is 54.0 Å². The summed E-state index contributed by atoms with van der Waals surface area (Å²) in [5.74, 6) is 2.05. The largest absolute Gasteiger partial charge is 0.310 e. The number of hydrogen-bond acceptors (Lipinski definition) is 3. The molecule has 2 N–H and O–H groups in total. The zero-order chi connectivity index (χ0) is 18.8. The number of anilines is 1. The fraction of sp³-hybridized carbons (Fsp3) is 0.316. The van der Waals surface area contributed by atoms with Crippen molar-refractivity contribution in [2.24, 2.45) is 7.05 Å². The number of H-pyrrole nitrogens is 1. The van der Waals surface area contributed by atoms with E-state index in [4.69, 9.17) is 28.9 Å². The van der Waals surface area contributed by atoms with Gasteiger partial charge in [0.15, 0.2) is 12.5 Å². The van der Waals surface area contributed by atoms with E-state index in [1.807, 2.05) is 52.8 Å². The summed E-state index contributed by atoms with van der Waals surface area (Å²) in [4.78, 5) is 7.19. The first-order valence-electron chi connectivity index (χ1n) is 9.07. The molecule has 1 fully saturated rings. The van der Waals surface area contributed by atoms with Crippen LogP contribution < -0.4 is 14.8 Å². The number of aromatic amines is 1. The third kappa shape index (κ3) is 3.90. The van der Waals surface area contributed by atoms with Crippen LogP contribution in [0.4, 0.5) is 5.82 Å². The highest BCUT2D eigenvalue weighted by atomic mass is 35.5. The van der Waals surface area contributed by atoms with Crippen molar-refractivity contribution in [3.05, 3.63) is 58.5 Å². The average molecular weight is 403 g/mol. The second-order valence-electron chi connectivity index (χ2n) is 6.81. The topological polar surface area (TPSA) is 44.6 Å². The van der Waals surface area contributed by atoms with E-state index >= 15 is 0 Å². The summed E-state index contributed by atoms with van der Waals surface area (Å²) in [6.45, 7) is 4.92. The van der Waals surface area contributed by atoms with E-state index in [-0.39, 0.29) is 0 Å². The molecule has 1 aliphatic rings. The Morgan fingerprint density at radius 1 is 1.15 bits per heavy atom. The first-order chi connectivity index (χ1) is 13.1. The van der Waals surface area contributed by atoms with Crippen molar-refractivity contribution in [2.75, 3.05) is 31.1 Å². The molecule has 1 saturated heterocycles. The van der Waals surface area contributed by atoms with Crippen molar-refractivity contribution in [1.29, 1.82) is 0 Å². The monoisotopic (exact) mass is 402 g/mol. The van der Waals surface area contributed by atoms with E-state index < -0.39 is 0 Å². The Morgan fingerprint density at radius 2 is 1.89 bits per heavy atom. The molecule has 0 saturated carbocycles. The number of hydrogen-bond donors (Lipinski definition) is 1. The molecular formula is C19H23ClN6S+2. The van der Waals surface area contributed by atoms with Gasteiger partial charge in [-0.1, -0.05) is 17.7 Å². The van der Waals surface area contributed by atoms with Crippen molar-refractivity contribution >= 4 is 29.6 Å². The van der Waals surface area contributed by atoms with Crippen LogP contribution in [0.1, 0.15) is 0 Å². The van der Waals surface area contributed by atoms with Crippen LogP contribution in [0.2, 0.25) is 5.02 Å². The van der Waals surface area contributed by atoms with Gasteiger partial charge in [0.25, 0.3) is 5.82 Å². The fourth-order valence-electron chi connectivity index (χ4n) is 3.46. The Balaban J connectivity index is 1.45. The predicted molar refractivity (Wildman–Crippen MR) is 108 cm³/mol. The fourth-order valence-corrected chi connectivity index (χ4v) is 3.77. The van der Waals surface area contributed by atoms with Crippen molar-refractivity contribution in [3.8, 4) is 11.4 Å². The average Bonchev–Trinajstić information content (AvgIpc) is 2.98. The lowest BCUT2D eigenvalue weighted by atomic mass is 10.2. The summed E-state index contributed by atoms with van der Waals surface area (Å²) in [6, 6.07) is 13.9. The molecule has 140 valence electrons. The molecule has 2 aromatic heterocycles. The van der Waals surface area contributed by atoms with Gasteiger partial charge in [-0.05, 0) is 42.5 Å². The summed E-state index contributed by atoms with van der Waals surface area (Å²) < 4.78 is 4.65. The van der Waals surface area contributed by atoms with Gasteiger partial charge in [0.05, 0.1) is 6.20 Å².